The first-order valence-corrected chi connectivity index (χ1v) is 10.4. The number of aromatic nitrogens is 2. The van der Waals surface area contributed by atoms with Crippen LogP contribution in [-0.4, -0.2) is 25.3 Å². The SMILES string of the molecule is CC#Cn1nc(-c2ccccc2S(N)(=O)=O)c(-c2ccc(OC)c(C)c2)c1C(F)(F)F. The van der Waals surface area contributed by atoms with Crippen molar-refractivity contribution in [3.8, 4) is 40.1 Å². The maximum atomic E-state index is 14.1. The first-order chi connectivity index (χ1) is 14.5. The standard InChI is InChI=1S/C21H18F3N3O3S/c1-4-11-27-20(21(22,23)24)18(14-9-10-16(30-3)13(2)12-14)19(26-27)15-7-5-6-8-17(15)31(25,28)29/h5-10,12H,1-3H3,(H2,25,28,29). The molecule has 6 nitrogen and oxygen atoms in total. The van der Waals surface area contributed by atoms with Gasteiger partial charge in [-0.05, 0) is 43.2 Å². The molecule has 2 aromatic carbocycles. The molecule has 0 unspecified atom stereocenters. The smallest absolute Gasteiger partial charge is 0.434 e. The van der Waals surface area contributed by atoms with E-state index in [1.165, 1.54) is 56.5 Å². The third kappa shape index (κ3) is 4.28. The molecule has 3 aromatic rings. The minimum atomic E-state index is -4.82. The van der Waals surface area contributed by atoms with Crippen LogP contribution in [0.3, 0.4) is 0 Å². The highest BCUT2D eigenvalue weighted by molar-refractivity contribution is 7.89. The number of rotatable bonds is 4. The van der Waals surface area contributed by atoms with Crippen molar-refractivity contribution in [3.63, 3.8) is 0 Å². The average Bonchev–Trinajstić information content (AvgIpc) is 3.07. The highest BCUT2D eigenvalue weighted by atomic mass is 32.2. The van der Waals surface area contributed by atoms with Crippen LogP contribution in [0.5, 0.6) is 5.75 Å². The average molecular weight is 449 g/mol. The molecular formula is C21H18F3N3O3S. The summed E-state index contributed by atoms with van der Waals surface area (Å²) in [6.45, 7) is 3.06. The van der Waals surface area contributed by atoms with Crippen molar-refractivity contribution in [2.75, 3.05) is 7.11 Å². The maximum Gasteiger partial charge on any atom is 0.434 e. The fourth-order valence-corrected chi connectivity index (χ4v) is 4.01. The van der Waals surface area contributed by atoms with Crippen molar-refractivity contribution in [1.29, 1.82) is 0 Å². The molecule has 0 saturated heterocycles. The Balaban J connectivity index is 2.49. The molecule has 0 spiro atoms. The second-order valence-electron chi connectivity index (χ2n) is 6.57. The zero-order valence-electron chi connectivity index (χ0n) is 16.8. The molecule has 0 amide bonds. The fraction of sp³-hybridized carbons (Fsp3) is 0.190. The largest absolute Gasteiger partial charge is 0.496 e. The Morgan fingerprint density at radius 1 is 1.16 bits per heavy atom. The molecule has 0 aliphatic heterocycles. The van der Waals surface area contributed by atoms with Gasteiger partial charge in [-0.25, -0.2) is 13.6 Å². The van der Waals surface area contributed by atoms with Crippen LogP contribution in [0.2, 0.25) is 0 Å². The maximum absolute atomic E-state index is 14.1. The quantitative estimate of drug-likeness (QED) is 0.610. The lowest BCUT2D eigenvalue weighted by Gasteiger charge is -2.13. The lowest BCUT2D eigenvalue weighted by atomic mass is 9.97. The molecule has 162 valence electrons. The number of hydrogen-bond acceptors (Lipinski definition) is 4. The monoisotopic (exact) mass is 449 g/mol. The Kier molecular flexibility index (Phi) is 5.85. The Labute approximate surface area is 177 Å². The molecule has 0 saturated carbocycles. The van der Waals surface area contributed by atoms with Crippen molar-refractivity contribution in [2.24, 2.45) is 5.14 Å². The van der Waals surface area contributed by atoms with Crippen molar-refractivity contribution < 1.29 is 26.3 Å². The van der Waals surface area contributed by atoms with Gasteiger partial charge in [-0.2, -0.15) is 23.0 Å². The molecular weight excluding hydrogens is 431 g/mol. The van der Waals surface area contributed by atoms with Crippen LogP contribution < -0.4 is 9.88 Å². The Bertz CT molecular complexity index is 1320. The number of ether oxygens (including phenoxy) is 1. The van der Waals surface area contributed by atoms with Gasteiger partial charge in [0.15, 0.2) is 5.69 Å². The first-order valence-electron chi connectivity index (χ1n) is 8.89. The normalized spacial score (nSPS) is 11.7. The van der Waals surface area contributed by atoms with E-state index in [1.54, 1.807) is 6.92 Å². The van der Waals surface area contributed by atoms with E-state index in [9.17, 15) is 21.6 Å². The summed E-state index contributed by atoms with van der Waals surface area (Å²) < 4.78 is 72.3. The molecule has 0 aliphatic rings. The van der Waals surface area contributed by atoms with E-state index in [0.29, 0.717) is 16.0 Å². The number of nitrogens with zero attached hydrogens (tertiary/aromatic N) is 2. The lowest BCUT2D eigenvalue weighted by Crippen LogP contribution is -2.13. The van der Waals surface area contributed by atoms with Crippen LogP contribution in [0.25, 0.3) is 22.4 Å². The van der Waals surface area contributed by atoms with Gasteiger partial charge in [0.05, 0.1) is 12.0 Å². The summed E-state index contributed by atoms with van der Waals surface area (Å²) in [6.07, 6.45) is -4.82. The van der Waals surface area contributed by atoms with Crippen LogP contribution in [-0.2, 0) is 16.2 Å². The zero-order valence-corrected chi connectivity index (χ0v) is 17.6. The highest BCUT2D eigenvalue weighted by Gasteiger charge is 2.41. The molecule has 10 heteroatoms. The number of aryl methyl sites for hydroxylation is 1. The second kappa shape index (κ2) is 8.09. The van der Waals surface area contributed by atoms with Crippen molar-refractivity contribution >= 4 is 10.0 Å². The number of alkyl halides is 3. The molecule has 1 aromatic heterocycles. The van der Waals surface area contributed by atoms with Crippen LogP contribution in [0.15, 0.2) is 47.4 Å². The predicted octanol–water partition coefficient (Wildman–Crippen LogP) is 4.03. The van der Waals surface area contributed by atoms with E-state index >= 15 is 0 Å². The van der Waals surface area contributed by atoms with Crippen molar-refractivity contribution in [2.45, 2.75) is 24.9 Å². The predicted molar refractivity (Wildman–Crippen MR) is 110 cm³/mol. The fourth-order valence-electron chi connectivity index (χ4n) is 3.27. The molecule has 0 aliphatic carbocycles. The molecule has 1 heterocycles. The van der Waals surface area contributed by atoms with Crippen molar-refractivity contribution in [1.82, 2.24) is 9.78 Å². The first kappa shape index (κ1) is 22.4. The van der Waals surface area contributed by atoms with E-state index in [-0.39, 0.29) is 27.3 Å². The van der Waals surface area contributed by atoms with Gasteiger partial charge in [0, 0.05) is 17.2 Å². The second-order valence-corrected chi connectivity index (χ2v) is 8.10. The molecule has 2 N–H and O–H groups in total. The summed E-state index contributed by atoms with van der Waals surface area (Å²) in [4.78, 5) is -0.343. The van der Waals surface area contributed by atoms with Gasteiger partial charge in [0.25, 0.3) is 0 Å². The van der Waals surface area contributed by atoms with Gasteiger partial charge >= 0.3 is 6.18 Å². The molecule has 0 radical (unpaired) electrons. The third-order valence-electron chi connectivity index (χ3n) is 4.50. The summed E-state index contributed by atoms with van der Waals surface area (Å²) in [5.74, 6) is 2.89. The topological polar surface area (TPSA) is 87.2 Å². The van der Waals surface area contributed by atoms with Crippen LogP contribution in [0.4, 0.5) is 13.2 Å². The summed E-state index contributed by atoms with van der Waals surface area (Å²) in [5.41, 5.74) is -0.926. The number of primary sulfonamides is 1. The van der Waals surface area contributed by atoms with Gasteiger partial charge in [-0.3, -0.25) is 0 Å². The highest BCUT2D eigenvalue weighted by Crippen LogP contribution is 2.44. The molecule has 0 bridgehead atoms. The lowest BCUT2D eigenvalue weighted by molar-refractivity contribution is -0.142. The minimum absolute atomic E-state index is 0.0596. The summed E-state index contributed by atoms with van der Waals surface area (Å²) >= 11 is 0. The van der Waals surface area contributed by atoms with Gasteiger partial charge in [-0.15, -0.1) is 0 Å². The van der Waals surface area contributed by atoms with Crippen LogP contribution >= 0.6 is 0 Å². The van der Waals surface area contributed by atoms with E-state index in [1.807, 2.05) is 0 Å². The summed E-state index contributed by atoms with van der Waals surface area (Å²) in [7, 11) is -2.79. The Hall–Kier alpha value is -3.29. The summed E-state index contributed by atoms with van der Waals surface area (Å²) in [6, 6.07) is 12.3. The van der Waals surface area contributed by atoms with E-state index < -0.39 is 21.9 Å². The van der Waals surface area contributed by atoms with Crippen LogP contribution in [0, 0.1) is 18.9 Å². The number of benzene rings is 2. The molecule has 31 heavy (non-hydrogen) atoms. The molecule has 0 atom stereocenters. The molecule has 0 fully saturated rings. The number of halogens is 3. The van der Waals surface area contributed by atoms with E-state index in [4.69, 9.17) is 9.88 Å². The number of methoxy groups -OCH3 is 1. The van der Waals surface area contributed by atoms with Gasteiger partial charge in [-0.1, -0.05) is 30.2 Å². The Morgan fingerprint density at radius 2 is 1.84 bits per heavy atom. The Morgan fingerprint density at radius 3 is 2.39 bits per heavy atom. The van der Waals surface area contributed by atoms with Crippen molar-refractivity contribution in [3.05, 3.63) is 53.7 Å². The van der Waals surface area contributed by atoms with E-state index in [2.05, 4.69) is 17.1 Å². The van der Waals surface area contributed by atoms with Crippen LogP contribution in [0.1, 0.15) is 18.2 Å². The minimum Gasteiger partial charge on any atom is -0.496 e. The number of hydrogen-bond donors (Lipinski definition) is 1. The van der Waals surface area contributed by atoms with Gasteiger partial charge in [0.1, 0.15) is 11.4 Å². The number of sulfonamides is 1. The zero-order chi connectivity index (χ0) is 23.0. The van der Waals surface area contributed by atoms with Gasteiger partial charge in [0.2, 0.25) is 10.0 Å². The van der Waals surface area contributed by atoms with Gasteiger partial charge < -0.3 is 4.74 Å². The molecule has 3 rings (SSSR count). The summed E-state index contributed by atoms with van der Waals surface area (Å²) in [5, 5.41) is 9.34. The van der Waals surface area contributed by atoms with E-state index in [0.717, 1.165) is 0 Å². The third-order valence-corrected chi connectivity index (χ3v) is 5.47. The number of nitrogens with two attached hydrogens (primary N) is 1.